The molecule has 3 aromatic rings. The normalized spacial score (nSPS) is 15.6. The Kier molecular flexibility index (Phi) is 5.63. The number of benzene rings is 1. The number of hydrogen-bond donors (Lipinski definition) is 2. The molecule has 0 radical (unpaired) electrons. The highest BCUT2D eigenvalue weighted by Gasteiger charge is 2.25. The largest absolute Gasteiger partial charge is 0.382 e. The van der Waals surface area contributed by atoms with Crippen molar-refractivity contribution < 1.29 is 0 Å². The van der Waals surface area contributed by atoms with Gasteiger partial charge < -0.3 is 21.0 Å². The van der Waals surface area contributed by atoms with Crippen LogP contribution in [0.3, 0.4) is 0 Å². The van der Waals surface area contributed by atoms with Crippen LogP contribution in [-0.4, -0.2) is 57.8 Å². The summed E-state index contributed by atoms with van der Waals surface area (Å²) in [6.07, 6.45) is 1.28. The van der Waals surface area contributed by atoms with E-state index >= 15 is 0 Å². The molecule has 0 amide bonds. The van der Waals surface area contributed by atoms with Crippen molar-refractivity contribution in [2.24, 2.45) is 0 Å². The topological polar surface area (TPSA) is 129 Å². The second-order valence-corrected chi connectivity index (χ2v) is 7.85. The van der Waals surface area contributed by atoms with Gasteiger partial charge in [0.1, 0.15) is 29.6 Å². The molecule has 1 aliphatic heterocycles. The van der Waals surface area contributed by atoms with Crippen molar-refractivity contribution in [1.29, 1.82) is 5.26 Å². The van der Waals surface area contributed by atoms with Gasteiger partial charge in [0.15, 0.2) is 5.82 Å². The lowest BCUT2D eigenvalue weighted by Gasteiger charge is -2.36. The summed E-state index contributed by atoms with van der Waals surface area (Å²) in [6, 6.07) is 6.76. The van der Waals surface area contributed by atoms with Gasteiger partial charge in [-0.3, -0.25) is 4.79 Å². The smallest absolute Gasteiger partial charge is 0.281 e. The Labute approximate surface area is 183 Å². The molecule has 0 bridgehead atoms. The molecule has 11 heteroatoms. The maximum absolute atomic E-state index is 13.5. The Morgan fingerprint density at radius 2 is 2.00 bits per heavy atom. The maximum atomic E-state index is 13.5. The zero-order valence-electron chi connectivity index (χ0n) is 17.2. The molecule has 0 saturated carbocycles. The van der Waals surface area contributed by atoms with E-state index in [1.165, 1.54) is 6.33 Å². The first kappa shape index (κ1) is 20.8. The lowest BCUT2D eigenvalue weighted by molar-refractivity contribution is 0.282. The van der Waals surface area contributed by atoms with Crippen LogP contribution in [0.1, 0.15) is 24.4 Å². The molecule has 2 aromatic heterocycles. The van der Waals surface area contributed by atoms with E-state index in [1.54, 1.807) is 22.9 Å². The zero-order valence-corrected chi connectivity index (χ0v) is 18.0. The number of halogens is 1. The SMILES string of the molecule is CC(Nc1ncnc(N)c1C#N)c1nc2cccc(Cl)c2c(=O)n1N1CCN(C)CC1. The molecule has 1 aliphatic rings. The second kappa shape index (κ2) is 8.37. The predicted octanol–water partition coefficient (Wildman–Crippen LogP) is 1.35. The molecule has 1 aromatic carbocycles. The first-order valence-electron chi connectivity index (χ1n) is 9.82. The highest BCUT2D eigenvalue weighted by molar-refractivity contribution is 6.35. The third kappa shape index (κ3) is 3.85. The van der Waals surface area contributed by atoms with E-state index in [9.17, 15) is 10.1 Å². The van der Waals surface area contributed by atoms with Crippen LogP contribution in [0.4, 0.5) is 11.6 Å². The highest BCUT2D eigenvalue weighted by Crippen LogP contribution is 2.24. The van der Waals surface area contributed by atoms with Crippen molar-refractivity contribution in [2.75, 3.05) is 49.3 Å². The van der Waals surface area contributed by atoms with Crippen molar-refractivity contribution in [2.45, 2.75) is 13.0 Å². The first-order chi connectivity index (χ1) is 14.9. The van der Waals surface area contributed by atoms with Crippen molar-refractivity contribution in [3.8, 4) is 6.07 Å². The van der Waals surface area contributed by atoms with E-state index < -0.39 is 6.04 Å². The van der Waals surface area contributed by atoms with E-state index in [0.29, 0.717) is 34.8 Å². The Hall–Kier alpha value is -3.42. The first-order valence-corrected chi connectivity index (χ1v) is 10.2. The number of hydrogen-bond acceptors (Lipinski definition) is 9. The van der Waals surface area contributed by atoms with Crippen LogP contribution in [0.2, 0.25) is 5.02 Å². The Morgan fingerprint density at radius 3 is 2.71 bits per heavy atom. The fraction of sp³-hybridized carbons (Fsp3) is 0.350. The number of nitrogens with one attached hydrogen (secondary N) is 1. The van der Waals surface area contributed by atoms with E-state index in [0.717, 1.165) is 13.1 Å². The summed E-state index contributed by atoms with van der Waals surface area (Å²) in [7, 11) is 2.05. The van der Waals surface area contributed by atoms with Gasteiger partial charge in [-0.15, -0.1) is 0 Å². The monoisotopic (exact) mass is 439 g/mol. The average Bonchev–Trinajstić information content (AvgIpc) is 2.74. The molecule has 0 aliphatic carbocycles. The maximum Gasteiger partial charge on any atom is 0.281 e. The quantitative estimate of drug-likeness (QED) is 0.618. The third-order valence-electron chi connectivity index (χ3n) is 5.34. The van der Waals surface area contributed by atoms with Crippen LogP contribution in [0, 0.1) is 11.3 Å². The molecule has 31 heavy (non-hydrogen) atoms. The van der Waals surface area contributed by atoms with E-state index in [2.05, 4.69) is 20.2 Å². The summed E-state index contributed by atoms with van der Waals surface area (Å²) in [6.45, 7) is 4.81. The van der Waals surface area contributed by atoms with Crippen molar-refractivity contribution in [3.63, 3.8) is 0 Å². The number of piperazine rings is 1. The predicted molar refractivity (Wildman–Crippen MR) is 120 cm³/mol. The Morgan fingerprint density at radius 1 is 1.26 bits per heavy atom. The molecule has 1 fully saturated rings. The molecule has 160 valence electrons. The Bertz CT molecular complexity index is 1230. The van der Waals surface area contributed by atoms with Gasteiger partial charge in [0.2, 0.25) is 0 Å². The fourth-order valence-electron chi connectivity index (χ4n) is 3.64. The molecular weight excluding hydrogens is 418 g/mol. The van der Waals surface area contributed by atoms with Crippen molar-refractivity contribution in [1.82, 2.24) is 24.5 Å². The number of nitrogen functional groups attached to an aromatic ring is 1. The lowest BCUT2D eigenvalue weighted by Crippen LogP contribution is -2.54. The van der Waals surface area contributed by atoms with E-state index in [-0.39, 0.29) is 22.8 Å². The number of nitriles is 1. The van der Waals surface area contributed by atoms with Crippen molar-refractivity contribution >= 4 is 34.1 Å². The highest BCUT2D eigenvalue weighted by atomic mass is 35.5. The van der Waals surface area contributed by atoms with Crippen LogP contribution in [0.15, 0.2) is 29.3 Å². The Balaban J connectivity index is 1.84. The second-order valence-electron chi connectivity index (χ2n) is 7.44. The molecule has 3 heterocycles. The van der Waals surface area contributed by atoms with Gasteiger partial charge in [0.25, 0.3) is 5.56 Å². The fourth-order valence-corrected chi connectivity index (χ4v) is 3.89. The van der Waals surface area contributed by atoms with Crippen LogP contribution >= 0.6 is 11.6 Å². The van der Waals surface area contributed by atoms with Gasteiger partial charge in [0.05, 0.1) is 22.0 Å². The minimum Gasteiger partial charge on any atom is -0.382 e. The van der Waals surface area contributed by atoms with Gasteiger partial charge >= 0.3 is 0 Å². The number of anilines is 2. The molecule has 3 N–H and O–H groups in total. The van der Waals surface area contributed by atoms with Gasteiger partial charge in [0, 0.05) is 26.2 Å². The van der Waals surface area contributed by atoms with Crippen LogP contribution in [0.25, 0.3) is 10.9 Å². The number of nitrogens with zero attached hydrogens (tertiary/aromatic N) is 7. The van der Waals surface area contributed by atoms with Crippen LogP contribution in [-0.2, 0) is 0 Å². The summed E-state index contributed by atoms with van der Waals surface area (Å²) in [5, 5.41) is 15.3. The van der Waals surface area contributed by atoms with Crippen molar-refractivity contribution in [3.05, 3.63) is 51.3 Å². The molecule has 1 atom stereocenters. The minimum absolute atomic E-state index is 0.0851. The average molecular weight is 440 g/mol. The zero-order chi connectivity index (χ0) is 22.1. The van der Waals surface area contributed by atoms with Crippen LogP contribution < -0.4 is 21.6 Å². The third-order valence-corrected chi connectivity index (χ3v) is 5.66. The number of nitrogens with two attached hydrogens (primary N) is 1. The van der Waals surface area contributed by atoms with E-state index in [1.807, 2.05) is 25.0 Å². The summed E-state index contributed by atoms with van der Waals surface area (Å²) >= 11 is 6.35. The molecule has 0 spiro atoms. The van der Waals surface area contributed by atoms with Gasteiger partial charge in [-0.25, -0.2) is 19.6 Å². The standard InChI is InChI=1S/C20H22ClN9O/c1-12(26-18-13(10-22)17(23)24-11-25-18)19-27-15-5-3-4-14(21)16(15)20(31)30(19)29-8-6-28(2)7-9-29/h3-5,11-12H,6-9H2,1-2H3,(H3,23,24,25,26). The summed E-state index contributed by atoms with van der Waals surface area (Å²) in [5.74, 6) is 0.861. The van der Waals surface area contributed by atoms with E-state index in [4.69, 9.17) is 22.3 Å². The van der Waals surface area contributed by atoms with Gasteiger partial charge in [-0.05, 0) is 26.1 Å². The summed E-state index contributed by atoms with van der Waals surface area (Å²) in [4.78, 5) is 28.5. The number of likely N-dealkylation sites (N-methyl/N-ethyl adjacent to an activating group) is 1. The van der Waals surface area contributed by atoms with Gasteiger partial charge in [-0.2, -0.15) is 5.26 Å². The summed E-state index contributed by atoms with van der Waals surface area (Å²) in [5.41, 5.74) is 6.23. The number of aromatic nitrogens is 4. The molecule has 4 rings (SSSR count). The summed E-state index contributed by atoms with van der Waals surface area (Å²) < 4.78 is 1.59. The van der Waals surface area contributed by atoms with Crippen LogP contribution in [0.5, 0.6) is 0 Å². The van der Waals surface area contributed by atoms with Gasteiger partial charge in [-0.1, -0.05) is 17.7 Å². The molecule has 1 unspecified atom stereocenters. The molecule has 10 nitrogen and oxygen atoms in total. The molecule has 1 saturated heterocycles. The molecular formula is C20H22ClN9O. The minimum atomic E-state index is -0.461. The number of fused-ring (bicyclic) bond motifs is 1. The lowest BCUT2D eigenvalue weighted by atomic mass is 10.2. The number of rotatable bonds is 4.